The van der Waals surface area contributed by atoms with Gasteiger partial charge in [0.05, 0.1) is 0 Å². The van der Waals surface area contributed by atoms with E-state index in [0.717, 1.165) is 17.3 Å². The fraction of sp³-hybridized carbons (Fsp3) is 0.333. The van der Waals surface area contributed by atoms with E-state index in [4.69, 9.17) is 0 Å². The van der Waals surface area contributed by atoms with Crippen LogP contribution in [-0.4, -0.2) is 23.5 Å². The predicted octanol–water partition coefficient (Wildman–Crippen LogP) is 2.23. The van der Waals surface area contributed by atoms with Crippen molar-refractivity contribution in [3.8, 4) is 0 Å². The molecule has 0 heterocycles. The molecule has 0 spiro atoms. The lowest BCUT2D eigenvalue weighted by Crippen LogP contribution is -2.47. The molecule has 3 nitrogen and oxygen atoms in total. The average Bonchev–Trinajstić information content (AvgIpc) is 2.35. The van der Waals surface area contributed by atoms with E-state index in [-0.39, 0.29) is 11.0 Å². The Labute approximate surface area is 110 Å². The smallest absolute Gasteiger partial charge is 0.229 e. The highest BCUT2D eigenvalue weighted by Gasteiger charge is 2.39. The van der Waals surface area contributed by atoms with Gasteiger partial charge in [-0.15, -0.1) is 11.8 Å². The molecule has 1 amide bonds. The van der Waals surface area contributed by atoms with Crippen LogP contribution >= 0.6 is 23.5 Å². The monoisotopic (exact) mass is 269 g/mol. The molecule has 0 bridgehead atoms. The largest absolute Gasteiger partial charge is 0.331 e. The molecular weight excluding hydrogens is 254 g/mol. The number of nitrogens with one attached hydrogen (secondary N) is 1. The first-order valence-corrected chi connectivity index (χ1v) is 7.49. The van der Waals surface area contributed by atoms with E-state index in [1.807, 2.05) is 36.6 Å². The number of amides is 1. The normalized spacial score (nSPS) is 13.8. The van der Waals surface area contributed by atoms with Crippen molar-refractivity contribution in [2.24, 2.45) is 0 Å². The Balaban J connectivity index is 3.25. The summed E-state index contributed by atoms with van der Waals surface area (Å²) in [5.74, 6) is -0.217. The predicted molar refractivity (Wildman–Crippen MR) is 74.0 cm³/mol. The molecule has 0 aliphatic carbocycles. The molecule has 1 unspecified atom stereocenters. The summed E-state index contributed by atoms with van der Waals surface area (Å²) in [5.41, 5.74) is 0.794. The standard InChI is InChI=1S/C12H15NO2S2/c1-9(14)13-12(17-3,11(15)16-2)10-7-5-4-6-8-10/h4-8H,1-3H3,(H,13,14). The third kappa shape index (κ3) is 3.04. The zero-order chi connectivity index (χ0) is 12.9. The van der Waals surface area contributed by atoms with Gasteiger partial charge in [0.25, 0.3) is 0 Å². The third-order valence-corrected chi connectivity index (χ3v) is 4.25. The van der Waals surface area contributed by atoms with E-state index in [9.17, 15) is 9.59 Å². The van der Waals surface area contributed by atoms with Crippen LogP contribution in [0, 0.1) is 0 Å². The first kappa shape index (κ1) is 14.1. The molecule has 0 aromatic heterocycles. The topological polar surface area (TPSA) is 46.2 Å². The van der Waals surface area contributed by atoms with Gasteiger partial charge in [-0.2, -0.15) is 0 Å². The Kier molecular flexibility index (Phi) is 5.08. The highest BCUT2D eigenvalue weighted by molar-refractivity contribution is 8.15. The summed E-state index contributed by atoms with van der Waals surface area (Å²) in [6, 6.07) is 9.29. The number of carbonyl (C=O) groups is 2. The minimum absolute atomic E-state index is 0.0774. The summed E-state index contributed by atoms with van der Waals surface area (Å²) >= 11 is 2.45. The second-order valence-electron chi connectivity index (χ2n) is 3.42. The molecule has 1 aromatic carbocycles. The molecule has 5 heteroatoms. The van der Waals surface area contributed by atoms with Crippen molar-refractivity contribution in [1.29, 1.82) is 0 Å². The van der Waals surface area contributed by atoms with E-state index < -0.39 is 4.87 Å². The van der Waals surface area contributed by atoms with Gasteiger partial charge >= 0.3 is 0 Å². The minimum Gasteiger partial charge on any atom is -0.331 e. The number of benzene rings is 1. The molecule has 92 valence electrons. The van der Waals surface area contributed by atoms with E-state index in [1.54, 1.807) is 6.26 Å². The van der Waals surface area contributed by atoms with Crippen molar-refractivity contribution in [2.45, 2.75) is 11.8 Å². The molecule has 1 rings (SSSR count). The molecule has 0 aliphatic heterocycles. The van der Waals surface area contributed by atoms with Gasteiger partial charge in [-0.1, -0.05) is 42.1 Å². The SMILES string of the molecule is CSC(=O)C(NC(C)=O)(SC)c1ccccc1. The number of carbonyl (C=O) groups excluding carboxylic acids is 2. The molecule has 0 fully saturated rings. The van der Waals surface area contributed by atoms with Gasteiger partial charge in [-0.25, -0.2) is 0 Å². The Morgan fingerprint density at radius 3 is 2.18 bits per heavy atom. The molecule has 0 aliphatic rings. The molecule has 1 N–H and O–H groups in total. The van der Waals surface area contributed by atoms with Crippen molar-refractivity contribution in [3.63, 3.8) is 0 Å². The van der Waals surface area contributed by atoms with Crippen molar-refractivity contribution >= 4 is 34.5 Å². The minimum atomic E-state index is -0.994. The lowest BCUT2D eigenvalue weighted by Gasteiger charge is -2.30. The Bertz CT molecular complexity index is 408. The second-order valence-corrected chi connectivity index (χ2v) is 5.22. The Morgan fingerprint density at radius 1 is 1.18 bits per heavy atom. The van der Waals surface area contributed by atoms with Gasteiger partial charge in [0.1, 0.15) is 0 Å². The summed E-state index contributed by atoms with van der Waals surface area (Å²) in [7, 11) is 0. The highest BCUT2D eigenvalue weighted by atomic mass is 32.2. The fourth-order valence-electron chi connectivity index (χ4n) is 1.56. The molecule has 1 aromatic rings. The lowest BCUT2D eigenvalue weighted by molar-refractivity contribution is -0.124. The Hall–Kier alpha value is -0.940. The van der Waals surface area contributed by atoms with E-state index in [2.05, 4.69) is 5.32 Å². The van der Waals surface area contributed by atoms with Crippen molar-refractivity contribution < 1.29 is 9.59 Å². The quantitative estimate of drug-likeness (QED) is 0.851. The van der Waals surface area contributed by atoms with Crippen molar-refractivity contribution in [3.05, 3.63) is 35.9 Å². The fourth-order valence-corrected chi connectivity index (χ4v) is 3.30. The molecule has 0 saturated carbocycles. The zero-order valence-corrected chi connectivity index (χ0v) is 11.7. The van der Waals surface area contributed by atoms with Crippen LogP contribution in [0.4, 0.5) is 0 Å². The third-order valence-electron chi connectivity index (χ3n) is 2.31. The zero-order valence-electron chi connectivity index (χ0n) is 10.0. The highest BCUT2D eigenvalue weighted by Crippen LogP contribution is 2.36. The van der Waals surface area contributed by atoms with Crippen LogP contribution in [0.2, 0.25) is 0 Å². The van der Waals surface area contributed by atoms with Gasteiger partial charge in [-0.3, -0.25) is 9.59 Å². The van der Waals surface area contributed by atoms with Gasteiger partial charge in [0.2, 0.25) is 11.0 Å². The first-order valence-electron chi connectivity index (χ1n) is 5.04. The van der Waals surface area contributed by atoms with Gasteiger partial charge < -0.3 is 5.32 Å². The summed E-state index contributed by atoms with van der Waals surface area (Å²) in [6.45, 7) is 1.42. The number of hydrogen-bond acceptors (Lipinski definition) is 4. The van der Waals surface area contributed by atoms with Crippen LogP contribution in [-0.2, 0) is 14.5 Å². The van der Waals surface area contributed by atoms with Crippen LogP contribution in [0.1, 0.15) is 12.5 Å². The maximum Gasteiger partial charge on any atom is 0.229 e. The van der Waals surface area contributed by atoms with Crippen LogP contribution in [0.5, 0.6) is 0 Å². The summed E-state index contributed by atoms with van der Waals surface area (Å²) in [5, 5.41) is 2.69. The summed E-state index contributed by atoms with van der Waals surface area (Å²) in [4.78, 5) is 22.5. The maximum atomic E-state index is 12.1. The number of thioether (sulfide) groups is 2. The first-order chi connectivity index (χ1) is 8.06. The Morgan fingerprint density at radius 2 is 1.76 bits per heavy atom. The molecule has 0 radical (unpaired) electrons. The molecular formula is C12H15NO2S2. The van der Waals surface area contributed by atoms with Gasteiger partial charge in [0.15, 0.2) is 4.87 Å². The van der Waals surface area contributed by atoms with Gasteiger partial charge in [0, 0.05) is 6.92 Å². The second kappa shape index (κ2) is 6.12. The summed E-state index contributed by atoms with van der Waals surface area (Å²) in [6.07, 6.45) is 3.54. The van der Waals surface area contributed by atoms with Crippen LogP contribution < -0.4 is 5.32 Å². The lowest BCUT2D eigenvalue weighted by atomic mass is 10.1. The number of rotatable bonds is 4. The van der Waals surface area contributed by atoms with Crippen molar-refractivity contribution in [2.75, 3.05) is 12.5 Å². The van der Waals surface area contributed by atoms with Crippen LogP contribution in [0.3, 0.4) is 0 Å². The number of hydrogen-bond donors (Lipinski definition) is 1. The average molecular weight is 269 g/mol. The van der Waals surface area contributed by atoms with Gasteiger partial charge in [-0.05, 0) is 18.1 Å². The summed E-state index contributed by atoms with van der Waals surface area (Å²) < 4.78 is 0. The van der Waals surface area contributed by atoms with Crippen LogP contribution in [0.15, 0.2) is 30.3 Å². The van der Waals surface area contributed by atoms with E-state index in [1.165, 1.54) is 18.7 Å². The maximum absolute atomic E-state index is 12.1. The van der Waals surface area contributed by atoms with E-state index >= 15 is 0 Å². The molecule has 0 saturated heterocycles. The molecule has 17 heavy (non-hydrogen) atoms. The van der Waals surface area contributed by atoms with Crippen molar-refractivity contribution in [1.82, 2.24) is 5.32 Å². The van der Waals surface area contributed by atoms with Crippen LogP contribution in [0.25, 0.3) is 0 Å². The molecule has 1 atom stereocenters. The van der Waals surface area contributed by atoms with E-state index in [0.29, 0.717) is 0 Å².